The molecule has 0 atom stereocenters. The number of aliphatic carboxylic acids is 1. The number of H-pyrrole nitrogens is 1. The summed E-state index contributed by atoms with van der Waals surface area (Å²) >= 11 is 0. The summed E-state index contributed by atoms with van der Waals surface area (Å²) in [5.41, 5.74) is 1.17. The van der Waals surface area contributed by atoms with Crippen molar-refractivity contribution in [2.24, 2.45) is 5.41 Å². The molecule has 1 aliphatic rings. The van der Waals surface area contributed by atoms with Crippen LogP contribution < -0.4 is 5.32 Å². The number of carboxylic acids is 1. The van der Waals surface area contributed by atoms with E-state index in [1.165, 1.54) is 0 Å². The first kappa shape index (κ1) is 15.5. The summed E-state index contributed by atoms with van der Waals surface area (Å²) in [7, 11) is 0. The second kappa shape index (κ2) is 6.40. The molecule has 1 saturated carbocycles. The monoisotopic (exact) mass is 315 g/mol. The summed E-state index contributed by atoms with van der Waals surface area (Å²) in [6.07, 6.45) is 6.81. The number of hydrogen-bond donors (Lipinski definition) is 3. The molecule has 2 aromatic rings. The van der Waals surface area contributed by atoms with Gasteiger partial charge in [-0.3, -0.25) is 14.7 Å². The van der Waals surface area contributed by atoms with Crippen molar-refractivity contribution in [1.29, 1.82) is 0 Å². The summed E-state index contributed by atoms with van der Waals surface area (Å²) < 4.78 is 0. The number of carboxylic acid groups (broad SMARTS) is 1. The zero-order chi connectivity index (χ0) is 16.3. The molecule has 6 heteroatoms. The van der Waals surface area contributed by atoms with Crippen molar-refractivity contribution < 1.29 is 14.7 Å². The molecule has 1 aliphatic carbocycles. The van der Waals surface area contributed by atoms with Gasteiger partial charge in [0.1, 0.15) is 0 Å². The highest BCUT2D eigenvalue weighted by molar-refractivity contribution is 5.94. The number of rotatable bonds is 5. The molecule has 1 aromatic carbocycles. The SMILES string of the molecule is O=C(O)CC1(CC(=O)Nc2ccc3cn[nH]c3c2)CCCCC1. The van der Waals surface area contributed by atoms with Crippen LogP contribution in [-0.2, 0) is 9.59 Å². The van der Waals surface area contributed by atoms with Gasteiger partial charge in [-0.25, -0.2) is 0 Å². The highest BCUT2D eigenvalue weighted by Gasteiger charge is 2.36. The molecule has 122 valence electrons. The van der Waals surface area contributed by atoms with Gasteiger partial charge in [0, 0.05) is 17.5 Å². The normalized spacial score (nSPS) is 17.0. The molecular weight excluding hydrogens is 294 g/mol. The molecular formula is C17H21N3O3. The minimum Gasteiger partial charge on any atom is -0.481 e. The van der Waals surface area contributed by atoms with Crippen molar-refractivity contribution in [3.05, 3.63) is 24.4 Å². The van der Waals surface area contributed by atoms with Crippen LogP contribution in [0.3, 0.4) is 0 Å². The van der Waals surface area contributed by atoms with E-state index < -0.39 is 11.4 Å². The van der Waals surface area contributed by atoms with Crippen molar-refractivity contribution >= 4 is 28.5 Å². The fraction of sp³-hybridized carbons (Fsp3) is 0.471. The Kier molecular flexibility index (Phi) is 4.32. The Hall–Kier alpha value is -2.37. The van der Waals surface area contributed by atoms with Crippen LogP contribution in [0.5, 0.6) is 0 Å². The van der Waals surface area contributed by atoms with Gasteiger partial charge in [0.2, 0.25) is 5.91 Å². The number of fused-ring (bicyclic) bond motifs is 1. The van der Waals surface area contributed by atoms with Crippen LogP contribution in [0.25, 0.3) is 10.9 Å². The Morgan fingerprint density at radius 2 is 2.00 bits per heavy atom. The van der Waals surface area contributed by atoms with Crippen molar-refractivity contribution in [1.82, 2.24) is 10.2 Å². The third-order valence-electron chi connectivity index (χ3n) is 4.70. The molecule has 0 spiro atoms. The third-order valence-corrected chi connectivity index (χ3v) is 4.70. The van der Waals surface area contributed by atoms with E-state index in [1.54, 1.807) is 6.20 Å². The van der Waals surface area contributed by atoms with Crippen LogP contribution in [0.15, 0.2) is 24.4 Å². The van der Waals surface area contributed by atoms with Gasteiger partial charge < -0.3 is 10.4 Å². The van der Waals surface area contributed by atoms with E-state index >= 15 is 0 Å². The number of aromatic amines is 1. The first-order valence-electron chi connectivity index (χ1n) is 8.01. The first-order valence-corrected chi connectivity index (χ1v) is 8.01. The van der Waals surface area contributed by atoms with Crippen LogP contribution in [0.2, 0.25) is 0 Å². The first-order chi connectivity index (χ1) is 11.1. The van der Waals surface area contributed by atoms with Gasteiger partial charge >= 0.3 is 5.97 Å². The maximum Gasteiger partial charge on any atom is 0.303 e. The summed E-state index contributed by atoms with van der Waals surface area (Å²) in [4.78, 5) is 23.6. The van der Waals surface area contributed by atoms with Gasteiger partial charge in [-0.05, 0) is 36.5 Å². The molecule has 0 saturated heterocycles. The van der Waals surface area contributed by atoms with Crippen LogP contribution in [0.1, 0.15) is 44.9 Å². The van der Waals surface area contributed by atoms with E-state index in [0.717, 1.165) is 43.0 Å². The Balaban J connectivity index is 1.69. The number of benzene rings is 1. The van der Waals surface area contributed by atoms with Crippen LogP contribution in [0, 0.1) is 5.41 Å². The van der Waals surface area contributed by atoms with Crippen LogP contribution >= 0.6 is 0 Å². The second-order valence-corrected chi connectivity index (χ2v) is 6.53. The number of nitrogens with one attached hydrogen (secondary N) is 2. The number of carbonyl (C=O) groups excluding carboxylic acids is 1. The molecule has 1 amide bonds. The average molecular weight is 315 g/mol. The predicted molar refractivity (Wildman–Crippen MR) is 87.1 cm³/mol. The zero-order valence-corrected chi connectivity index (χ0v) is 13.0. The van der Waals surface area contributed by atoms with Crippen molar-refractivity contribution in [2.45, 2.75) is 44.9 Å². The fourth-order valence-electron chi connectivity index (χ4n) is 3.60. The van der Waals surface area contributed by atoms with Crippen molar-refractivity contribution in [3.63, 3.8) is 0 Å². The molecule has 3 rings (SSSR count). The van der Waals surface area contributed by atoms with E-state index in [1.807, 2.05) is 18.2 Å². The van der Waals surface area contributed by atoms with Crippen molar-refractivity contribution in [2.75, 3.05) is 5.32 Å². The maximum atomic E-state index is 12.4. The Labute approximate surface area is 134 Å². The molecule has 6 nitrogen and oxygen atoms in total. The standard InChI is InChI=1S/C17H21N3O3/c21-15(9-17(10-16(22)23)6-2-1-3-7-17)19-13-5-4-12-11-18-20-14(12)8-13/h4-5,8,11H,1-3,6-7,9-10H2,(H,18,20)(H,19,21)(H,22,23). The summed E-state index contributed by atoms with van der Waals surface area (Å²) in [5.74, 6) is -0.939. The number of hydrogen-bond acceptors (Lipinski definition) is 3. The molecule has 1 fully saturated rings. The highest BCUT2D eigenvalue weighted by Crippen LogP contribution is 2.42. The van der Waals surface area contributed by atoms with E-state index in [0.29, 0.717) is 5.69 Å². The van der Waals surface area contributed by atoms with Gasteiger partial charge in [0.15, 0.2) is 0 Å². The quantitative estimate of drug-likeness (QED) is 0.788. The van der Waals surface area contributed by atoms with Crippen LogP contribution in [0.4, 0.5) is 5.69 Å². The Bertz CT molecular complexity index is 717. The zero-order valence-electron chi connectivity index (χ0n) is 13.0. The number of aromatic nitrogens is 2. The highest BCUT2D eigenvalue weighted by atomic mass is 16.4. The van der Waals surface area contributed by atoms with E-state index in [4.69, 9.17) is 0 Å². The topological polar surface area (TPSA) is 95.1 Å². The van der Waals surface area contributed by atoms with Crippen molar-refractivity contribution in [3.8, 4) is 0 Å². The number of amides is 1. The Morgan fingerprint density at radius 1 is 1.22 bits per heavy atom. The number of carbonyl (C=O) groups is 2. The summed E-state index contributed by atoms with van der Waals surface area (Å²) in [6, 6.07) is 5.56. The molecule has 1 heterocycles. The maximum absolute atomic E-state index is 12.4. The third kappa shape index (κ3) is 3.70. The van der Waals surface area contributed by atoms with E-state index in [9.17, 15) is 14.7 Å². The number of anilines is 1. The molecule has 0 unspecified atom stereocenters. The summed E-state index contributed by atoms with van der Waals surface area (Å²) in [6.45, 7) is 0. The largest absolute Gasteiger partial charge is 0.481 e. The molecule has 1 aromatic heterocycles. The average Bonchev–Trinajstić information content (AvgIpc) is 2.94. The van der Waals surface area contributed by atoms with Crippen LogP contribution in [-0.4, -0.2) is 27.2 Å². The molecule has 0 aliphatic heterocycles. The lowest BCUT2D eigenvalue weighted by atomic mass is 9.69. The van der Waals surface area contributed by atoms with Gasteiger partial charge in [-0.2, -0.15) is 5.10 Å². The smallest absolute Gasteiger partial charge is 0.303 e. The van der Waals surface area contributed by atoms with E-state index in [-0.39, 0.29) is 18.7 Å². The van der Waals surface area contributed by atoms with Gasteiger partial charge in [-0.15, -0.1) is 0 Å². The van der Waals surface area contributed by atoms with Gasteiger partial charge in [-0.1, -0.05) is 19.3 Å². The lowest BCUT2D eigenvalue weighted by Gasteiger charge is -2.35. The van der Waals surface area contributed by atoms with E-state index in [2.05, 4.69) is 15.5 Å². The molecule has 0 radical (unpaired) electrons. The second-order valence-electron chi connectivity index (χ2n) is 6.53. The lowest BCUT2D eigenvalue weighted by Crippen LogP contribution is -2.32. The molecule has 23 heavy (non-hydrogen) atoms. The molecule has 0 bridgehead atoms. The number of nitrogens with zero attached hydrogens (tertiary/aromatic N) is 1. The minimum absolute atomic E-state index is 0.0694. The summed E-state index contributed by atoms with van der Waals surface area (Å²) in [5, 5.41) is 19.9. The Morgan fingerprint density at radius 3 is 2.74 bits per heavy atom. The van der Waals surface area contributed by atoms with Gasteiger partial charge in [0.05, 0.1) is 18.1 Å². The predicted octanol–water partition coefficient (Wildman–Crippen LogP) is 3.32. The fourth-order valence-corrected chi connectivity index (χ4v) is 3.60. The van der Waals surface area contributed by atoms with Gasteiger partial charge in [0.25, 0.3) is 0 Å². The molecule has 3 N–H and O–H groups in total. The minimum atomic E-state index is -0.821. The lowest BCUT2D eigenvalue weighted by molar-refractivity contribution is -0.140.